The summed E-state index contributed by atoms with van der Waals surface area (Å²) in [5, 5.41) is 8.57. The number of unbranched alkanes of at least 4 members (excludes halogenated alkanes) is 2. The first kappa shape index (κ1) is 11.7. The van der Waals surface area contributed by atoms with Gasteiger partial charge in [0.25, 0.3) is 0 Å². The van der Waals surface area contributed by atoms with Gasteiger partial charge in [0.1, 0.15) is 5.76 Å². The van der Waals surface area contributed by atoms with E-state index in [1.54, 1.807) is 12.2 Å². The van der Waals surface area contributed by atoms with Gasteiger partial charge in [-0.15, -0.1) is 0 Å². The SMILES string of the molecule is CCCC/C=C1C=C(/C=C/CO)C(=O)O/1. The first-order valence-corrected chi connectivity index (χ1v) is 5.19. The van der Waals surface area contributed by atoms with E-state index in [0.29, 0.717) is 11.3 Å². The van der Waals surface area contributed by atoms with Gasteiger partial charge in [0, 0.05) is 0 Å². The average Bonchev–Trinajstić information content (AvgIpc) is 2.57. The fourth-order valence-corrected chi connectivity index (χ4v) is 1.25. The summed E-state index contributed by atoms with van der Waals surface area (Å²) in [5.41, 5.74) is 0.492. The molecule has 0 saturated heterocycles. The maximum atomic E-state index is 11.3. The van der Waals surface area contributed by atoms with Crippen LogP contribution in [0.1, 0.15) is 26.2 Å². The molecule has 15 heavy (non-hydrogen) atoms. The molecule has 0 atom stereocenters. The molecule has 1 rings (SSSR count). The molecule has 1 aliphatic rings. The maximum absolute atomic E-state index is 11.3. The second-order valence-corrected chi connectivity index (χ2v) is 3.32. The van der Waals surface area contributed by atoms with E-state index < -0.39 is 0 Å². The number of carbonyl (C=O) groups excluding carboxylic acids is 1. The lowest BCUT2D eigenvalue weighted by Crippen LogP contribution is -1.96. The van der Waals surface area contributed by atoms with Crippen LogP contribution in [0.25, 0.3) is 0 Å². The molecule has 0 bridgehead atoms. The summed E-state index contributed by atoms with van der Waals surface area (Å²) in [7, 11) is 0. The van der Waals surface area contributed by atoms with E-state index in [-0.39, 0.29) is 12.6 Å². The Hall–Kier alpha value is -1.35. The molecule has 0 unspecified atom stereocenters. The highest BCUT2D eigenvalue weighted by molar-refractivity contribution is 5.95. The molecular formula is C12H16O3. The van der Waals surface area contributed by atoms with Crippen LogP contribution in [0.4, 0.5) is 0 Å². The summed E-state index contributed by atoms with van der Waals surface area (Å²) in [5.74, 6) is 0.272. The Bertz CT molecular complexity index is 311. The number of carbonyl (C=O) groups is 1. The molecule has 0 spiro atoms. The van der Waals surface area contributed by atoms with Crippen molar-refractivity contribution in [3.63, 3.8) is 0 Å². The smallest absolute Gasteiger partial charge is 0.343 e. The fraction of sp³-hybridized carbons (Fsp3) is 0.417. The zero-order valence-corrected chi connectivity index (χ0v) is 8.90. The molecule has 1 aliphatic heterocycles. The highest BCUT2D eigenvalue weighted by Gasteiger charge is 2.17. The first-order chi connectivity index (χ1) is 7.27. The number of aliphatic hydroxyl groups excluding tert-OH is 1. The molecule has 0 saturated carbocycles. The zero-order chi connectivity index (χ0) is 11.1. The summed E-state index contributed by atoms with van der Waals surface area (Å²) in [6, 6.07) is 0. The topological polar surface area (TPSA) is 46.5 Å². The lowest BCUT2D eigenvalue weighted by molar-refractivity contribution is -0.132. The summed E-state index contributed by atoms with van der Waals surface area (Å²) >= 11 is 0. The molecule has 0 aromatic rings. The third-order valence-corrected chi connectivity index (χ3v) is 2.05. The van der Waals surface area contributed by atoms with Crippen LogP contribution in [0.15, 0.2) is 35.6 Å². The largest absolute Gasteiger partial charge is 0.423 e. The van der Waals surface area contributed by atoms with Crippen LogP contribution in [0, 0.1) is 0 Å². The number of esters is 1. The van der Waals surface area contributed by atoms with Gasteiger partial charge in [-0.2, -0.15) is 0 Å². The molecule has 0 aromatic carbocycles. The lowest BCUT2D eigenvalue weighted by Gasteiger charge is -1.94. The minimum Gasteiger partial charge on any atom is -0.423 e. The summed E-state index contributed by atoms with van der Waals surface area (Å²) in [4.78, 5) is 11.3. The normalized spacial score (nSPS) is 18.7. The van der Waals surface area contributed by atoms with E-state index in [9.17, 15) is 4.79 Å². The molecule has 0 fully saturated rings. The zero-order valence-electron chi connectivity index (χ0n) is 8.90. The second-order valence-electron chi connectivity index (χ2n) is 3.32. The summed E-state index contributed by atoms with van der Waals surface area (Å²) in [6.45, 7) is 2.05. The van der Waals surface area contributed by atoms with Gasteiger partial charge < -0.3 is 9.84 Å². The van der Waals surface area contributed by atoms with Crippen molar-refractivity contribution in [1.82, 2.24) is 0 Å². The van der Waals surface area contributed by atoms with Crippen LogP contribution >= 0.6 is 0 Å². The van der Waals surface area contributed by atoms with Crippen LogP contribution in [0.5, 0.6) is 0 Å². The Kier molecular flexibility index (Phi) is 4.84. The highest BCUT2D eigenvalue weighted by Crippen LogP contribution is 2.18. The van der Waals surface area contributed by atoms with Crippen molar-refractivity contribution in [3.05, 3.63) is 35.6 Å². The summed E-state index contributed by atoms with van der Waals surface area (Å²) in [6.07, 6.45) is 9.85. The van der Waals surface area contributed by atoms with E-state index in [4.69, 9.17) is 9.84 Å². The van der Waals surface area contributed by atoms with Gasteiger partial charge in [-0.1, -0.05) is 19.4 Å². The van der Waals surface area contributed by atoms with Crippen molar-refractivity contribution in [2.24, 2.45) is 0 Å². The Morgan fingerprint density at radius 2 is 2.33 bits per heavy atom. The fourth-order valence-electron chi connectivity index (χ4n) is 1.25. The van der Waals surface area contributed by atoms with Crippen LogP contribution in [-0.4, -0.2) is 17.7 Å². The molecule has 0 aliphatic carbocycles. The van der Waals surface area contributed by atoms with Crippen molar-refractivity contribution in [3.8, 4) is 0 Å². The number of hydrogen-bond donors (Lipinski definition) is 1. The van der Waals surface area contributed by atoms with E-state index in [2.05, 4.69) is 6.92 Å². The molecule has 0 radical (unpaired) electrons. The van der Waals surface area contributed by atoms with E-state index in [0.717, 1.165) is 19.3 Å². The van der Waals surface area contributed by atoms with Gasteiger partial charge in [-0.25, -0.2) is 4.79 Å². The molecular weight excluding hydrogens is 192 g/mol. The predicted octanol–water partition coefficient (Wildman–Crippen LogP) is 2.09. The van der Waals surface area contributed by atoms with Gasteiger partial charge in [0.15, 0.2) is 0 Å². The molecule has 82 valence electrons. The number of rotatable bonds is 5. The van der Waals surface area contributed by atoms with E-state index >= 15 is 0 Å². The van der Waals surface area contributed by atoms with Crippen molar-refractivity contribution >= 4 is 5.97 Å². The Labute approximate surface area is 89.7 Å². The number of aliphatic hydroxyl groups is 1. The monoisotopic (exact) mass is 208 g/mol. The Morgan fingerprint density at radius 3 is 3.00 bits per heavy atom. The minimum absolute atomic E-state index is 0.0699. The van der Waals surface area contributed by atoms with E-state index in [1.807, 2.05) is 6.08 Å². The molecule has 1 N–H and O–H groups in total. The first-order valence-electron chi connectivity index (χ1n) is 5.19. The third kappa shape index (κ3) is 3.72. The Morgan fingerprint density at radius 1 is 1.53 bits per heavy atom. The third-order valence-electron chi connectivity index (χ3n) is 2.05. The van der Waals surface area contributed by atoms with Crippen molar-refractivity contribution in [2.75, 3.05) is 6.61 Å². The van der Waals surface area contributed by atoms with Crippen LogP contribution in [-0.2, 0) is 9.53 Å². The van der Waals surface area contributed by atoms with Crippen LogP contribution in [0.3, 0.4) is 0 Å². The maximum Gasteiger partial charge on any atom is 0.343 e. The van der Waals surface area contributed by atoms with Crippen molar-refractivity contribution < 1.29 is 14.6 Å². The quantitative estimate of drug-likeness (QED) is 0.556. The van der Waals surface area contributed by atoms with Gasteiger partial charge in [-0.3, -0.25) is 0 Å². The number of hydrogen-bond acceptors (Lipinski definition) is 3. The molecule has 0 aromatic heterocycles. The van der Waals surface area contributed by atoms with Crippen LogP contribution in [0.2, 0.25) is 0 Å². The van der Waals surface area contributed by atoms with Gasteiger partial charge in [-0.05, 0) is 31.1 Å². The number of allylic oxidation sites excluding steroid dienone is 2. The standard InChI is InChI=1S/C12H16O3/c1-2-3-4-7-11-9-10(6-5-8-13)12(14)15-11/h5-7,9,13H,2-4,8H2,1H3/b6-5+,11-7-. The highest BCUT2D eigenvalue weighted by atomic mass is 16.5. The van der Waals surface area contributed by atoms with E-state index in [1.165, 1.54) is 6.08 Å². The lowest BCUT2D eigenvalue weighted by atomic mass is 10.2. The molecule has 3 nitrogen and oxygen atoms in total. The van der Waals surface area contributed by atoms with Crippen molar-refractivity contribution in [2.45, 2.75) is 26.2 Å². The summed E-state index contributed by atoms with van der Waals surface area (Å²) < 4.78 is 5.01. The number of cyclic esters (lactones) is 1. The number of ether oxygens (including phenoxy) is 1. The Balaban J connectivity index is 2.58. The average molecular weight is 208 g/mol. The van der Waals surface area contributed by atoms with Gasteiger partial charge in [0.2, 0.25) is 0 Å². The predicted molar refractivity (Wildman–Crippen MR) is 58.0 cm³/mol. The minimum atomic E-state index is -0.345. The molecule has 0 amide bonds. The van der Waals surface area contributed by atoms with Gasteiger partial charge >= 0.3 is 5.97 Å². The second kappa shape index (κ2) is 6.19. The molecule has 1 heterocycles. The van der Waals surface area contributed by atoms with Crippen LogP contribution < -0.4 is 0 Å². The molecule has 3 heteroatoms. The van der Waals surface area contributed by atoms with Gasteiger partial charge in [0.05, 0.1) is 12.2 Å². The van der Waals surface area contributed by atoms with Crippen molar-refractivity contribution in [1.29, 1.82) is 0 Å².